The summed E-state index contributed by atoms with van der Waals surface area (Å²) in [7, 11) is 1.50. The smallest absolute Gasteiger partial charge is 0.246 e. The van der Waals surface area contributed by atoms with Crippen molar-refractivity contribution in [1.82, 2.24) is 4.90 Å². The van der Waals surface area contributed by atoms with E-state index in [9.17, 15) is 19.5 Å². The van der Waals surface area contributed by atoms with Gasteiger partial charge in [0.2, 0.25) is 23.6 Å². The van der Waals surface area contributed by atoms with Crippen molar-refractivity contribution in [3.63, 3.8) is 0 Å². The number of methoxy groups -OCH3 is 1. The molecule has 0 bridgehead atoms. The van der Waals surface area contributed by atoms with Crippen molar-refractivity contribution < 1.29 is 29.0 Å². The second-order valence-corrected chi connectivity index (χ2v) is 14.3. The number of hydrogen-bond donors (Lipinski definition) is 1. The maximum Gasteiger partial charge on any atom is 0.246 e. The van der Waals surface area contributed by atoms with Crippen LogP contribution in [0.15, 0.2) is 102 Å². The highest BCUT2D eigenvalue weighted by Gasteiger charge is 2.70. The number of thiophene rings is 1. The highest BCUT2D eigenvalue weighted by Crippen LogP contribution is 2.65. The number of likely N-dealkylation sites (tertiary alicyclic amines) is 1. The first-order chi connectivity index (χ1) is 23.2. The summed E-state index contributed by atoms with van der Waals surface area (Å²) in [6.45, 7) is 0.205. The Labute approximate surface area is 286 Å². The van der Waals surface area contributed by atoms with E-state index in [0.29, 0.717) is 34.0 Å². The molecule has 2 aliphatic carbocycles. The number of fused-ring (bicyclic) bond motifs is 4. The lowest BCUT2D eigenvalue weighted by molar-refractivity contribution is -0.141. The number of rotatable bonds is 6. The first-order valence-corrected chi connectivity index (χ1v) is 17.1. The van der Waals surface area contributed by atoms with Gasteiger partial charge in [-0.1, -0.05) is 71.8 Å². The van der Waals surface area contributed by atoms with E-state index in [1.807, 2.05) is 53.9 Å². The van der Waals surface area contributed by atoms with Gasteiger partial charge >= 0.3 is 0 Å². The lowest BCUT2D eigenvalue weighted by Gasteiger charge is -2.51. The van der Waals surface area contributed by atoms with E-state index >= 15 is 4.79 Å². The molecule has 4 amide bonds. The number of halogens is 1. The SMILES string of the molecule is COc1cc(O)ccc1[C@H]1C2=CC[C@@H]3C(=O)N(Cc4cccs4)C(=O)[C@@H]3[C@@H]2C[C@H]2C(=O)N(c3cccc(Cl)c3)C(=O)[C@@]12c1ccccc1. The molecule has 1 aromatic heterocycles. The molecule has 3 fully saturated rings. The molecule has 2 aliphatic heterocycles. The third-order valence-electron chi connectivity index (χ3n) is 10.7. The normalized spacial score (nSPS) is 27.9. The van der Waals surface area contributed by atoms with E-state index in [4.69, 9.17) is 16.3 Å². The summed E-state index contributed by atoms with van der Waals surface area (Å²) in [5.74, 6) is -4.27. The first kappa shape index (κ1) is 30.6. The van der Waals surface area contributed by atoms with Crippen LogP contribution in [0.25, 0.3) is 0 Å². The Hall–Kier alpha value is -4.73. The minimum absolute atomic E-state index is 0.0128. The number of ether oxygens (including phenoxy) is 1. The zero-order valence-corrected chi connectivity index (χ0v) is 27.5. The lowest BCUT2D eigenvalue weighted by Crippen LogP contribution is -2.53. The van der Waals surface area contributed by atoms with Gasteiger partial charge in [-0.3, -0.25) is 24.1 Å². The van der Waals surface area contributed by atoms with Crippen LogP contribution in [0.3, 0.4) is 0 Å². The molecular weight excluding hydrogens is 648 g/mol. The number of phenols is 1. The standard InChI is InChI=1S/C38H31ClN2O6S/c1-47-31-18-24(42)12-13-27(31)33-26-14-15-28-32(36(45)40(34(28)43)20-25-11-6-16-48-25)29(26)19-30-35(44)41(23-10-5-9-22(39)17-23)37(46)38(30,33)21-7-3-2-4-8-21/h2-14,16-18,28-30,32-33,42H,15,19-20H2,1H3/t28-,29+,30-,32-,33+,38+/m0/s1. The van der Waals surface area contributed by atoms with E-state index in [2.05, 4.69) is 0 Å². The zero-order valence-electron chi connectivity index (χ0n) is 25.9. The van der Waals surface area contributed by atoms with Crippen LogP contribution in [0, 0.1) is 23.7 Å². The highest BCUT2D eigenvalue weighted by atomic mass is 35.5. The molecule has 0 spiro atoms. The van der Waals surface area contributed by atoms with Crippen LogP contribution in [0.5, 0.6) is 11.5 Å². The average Bonchev–Trinajstić information content (AvgIpc) is 3.76. The Bertz CT molecular complexity index is 2010. The van der Waals surface area contributed by atoms with Gasteiger partial charge in [-0.25, -0.2) is 4.90 Å². The molecule has 8 nitrogen and oxygen atoms in total. The van der Waals surface area contributed by atoms with E-state index < -0.39 is 40.9 Å². The Morgan fingerprint density at radius 3 is 2.46 bits per heavy atom. The van der Waals surface area contributed by atoms with Crippen LogP contribution in [-0.2, 0) is 31.1 Å². The maximum absolute atomic E-state index is 15.3. The van der Waals surface area contributed by atoms with Crippen LogP contribution in [0.4, 0.5) is 5.69 Å². The predicted octanol–water partition coefficient (Wildman–Crippen LogP) is 6.48. The van der Waals surface area contributed by atoms with Crippen molar-refractivity contribution in [3.8, 4) is 11.5 Å². The number of benzene rings is 3. The first-order valence-electron chi connectivity index (χ1n) is 15.9. The Kier molecular flexibility index (Phi) is 7.30. The molecule has 4 aliphatic rings. The molecule has 48 heavy (non-hydrogen) atoms. The molecule has 3 aromatic carbocycles. The number of aromatic hydroxyl groups is 1. The van der Waals surface area contributed by atoms with Crippen molar-refractivity contribution in [3.05, 3.63) is 123 Å². The van der Waals surface area contributed by atoms with Gasteiger partial charge in [0.15, 0.2) is 0 Å². The Morgan fingerprint density at radius 1 is 0.917 bits per heavy atom. The van der Waals surface area contributed by atoms with Gasteiger partial charge in [0.05, 0.1) is 42.5 Å². The van der Waals surface area contributed by atoms with Crippen molar-refractivity contribution in [2.24, 2.45) is 23.7 Å². The summed E-state index contributed by atoms with van der Waals surface area (Å²) in [4.78, 5) is 61.8. The fraction of sp³-hybridized carbons (Fsp3) is 0.263. The summed E-state index contributed by atoms with van der Waals surface area (Å²) < 4.78 is 5.84. The number of amides is 4. The van der Waals surface area contributed by atoms with Crippen molar-refractivity contribution in [2.45, 2.75) is 30.7 Å². The van der Waals surface area contributed by atoms with Crippen LogP contribution in [-0.4, -0.2) is 40.7 Å². The minimum atomic E-state index is -1.43. The van der Waals surface area contributed by atoms with Crippen LogP contribution >= 0.6 is 22.9 Å². The number of allylic oxidation sites excluding steroid dienone is 2. The molecule has 0 unspecified atom stereocenters. The number of hydrogen-bond acceptors (Lipinski definition) is 7. The van der Waals surface area contributed by atoms with Crippen molar-refractivity contribution >= 4 is 52.3 Å². The average molecular weight is 679 g/mol. The molecule has 10 heteroatoms. The molecule has 4 aromatic rings. The monoisotopic (exact) mass is 678 g/mol. The third-order valence-corrected chi connectivity index (χ3v) is 11.8. The number of carbonyl (C=O) groups is 4. The topological polar surface area (TPSA) is 104 Å². The third kappa shape index (κ3) is 4.33. The van der Waals surface area contributed by atoms with Gasteiger partial charge < -0.3 is 9.84 Å². The maximum atomic E-state index is 15.3. The van der Waals surface area contributed by atoms with Crippen LogP contribution in [0.1, 0.15) is 34.8 Å². The largest absolute Gasteiger partial charge is 0.508 e. The quantitative estimate of drug-likeness (QED) is 0.185. The number of imide groups is 2. The van der Waals surface area contributed by atoms with Gasteiger partial charge in [-0.2, -0.15) is 0 Å². The molecule has 1 saturated carbocycles. The van der Waals surface area contributed by atoms with E-state index in [-0.39, 0.29) is 36.4 Å². The summed E-state index contributed by atoms with van der Waals surface area (Å²) in [6, 6.07) is 24.6. The molecule has 8 rings (SSSR count). The molecule has 242 valence electrons. The molecule has 1 N–H and O–H groups in total. The molecule has 3 heterocycles. The predicted molar refractivity (Wildman–Crippen MR) is 181 cm³/mol. The number of carbonyl (C=O) groups excluding carboxylic acids is 4. The van der Waals surface area contributed by atoms with Crippen molar-refractivity contribution in [2.75, 3.05) is 12.0 Å². The summed E-state index contributed by atoms with van der Waals surface area (Å²) in [5.41, 5.74) is 1.03. The number of phenolic OH excluding ortho intramolecular Hbond substituents is 1. The summed E-state index contributed by atoms with van der Waals surface area (Å²) >= 11 is 7.88. The highest BCUT2D eigenvalue weighted by molar-refractivity contribution is 7.09. The van der Waals surface area contributed by atoms with E-state index in [1.165, 1.54) is 34.3 Å². The number of nitrogens with zero attached hydrogens (tertiary/aromatic N) is 2. The van der Waals surface area contributed by atoms with Gasteiger partial charge in [0, 0.05) is 27.4 Å². The second kappa shape index (κ2) is 11.5. The molecule has 6 atom stereocenters. The van der Waals surface area contributed by atoms with Crippen molar-refractivity contribution in [1.29, 1.82) is 0 Å². The van der Waals surface area contributed by atoms with Crippen LogP contribution < -0.4 is 9.64 Å². The minimum Gasteiger partial charge on any atom is -0.508 e. The Balaban J connectivity index is 1.36. The lowest BCUT2D eigenvalue weighted by atomic mass is 9.49. The van der Waals surface area contributed by atoms with Gasteiger partial charge in [-0.05, 0) is 60.0 Å². The summed E-state index contributed by atoms with van der Waals surface area (Å²) in [5, 5.41) is 12.8. The second-order valence-electron chi connectivity index (χ2n) is 12.9. The zero-order chi connectivity index (χ0) is 33.3. The molecule has 0 radical (unpaired) electrons. The fourth-order valence-corrected chi connectivity index (χ4v) is 9.68. The number of anilines is 1. The molecular formula is C38H31ClN2O6S. The Morgan fingerprint density at radius 2 is 1.73 bits per heavy atom. The van der Waals surface area contributed by atoms with E-state index in [0.717, 1.165) is 10.5 Å². The molecule has 2 saturated heterocycles. The summed E-state index contributed by atoms with van der Waals surface area (Å²) in [6.07, 6.45) is 2.55. The van der Waals surface area contributed by atoms with Crippen LogP contribution in [0.2, 0.25) is 5.02 Å². The van der Waals surface area contributed by atoms with Gasteiger partial charge in [0.1, 0.15) is 11.5 Å². The van der Waals surface area contributed by atoms with E-state index in [1.54, 1.807) is 36.4 Å². The fourth-order valence-electron chi connectivity index (χ4n) is 8.81. The van der Waals surface area contributed by atoms with Gasteiger partial charge in [0.25, 0.3) is 0 Å². The van der Waals surface area contributed by atoms with Gasteiger partial charge in [-0.15, -0.1) is 11.3 Å².